The second kappa shape index (κ2) is 8.69. The Morgan fingerprint density at radius 3 is 2.47 bits per heavy atom. The van der Waals surface area contributed by atoms with E-state index in [-0.39, 0.29) is 23.6 Å². The number of benzene rings is 3. The molecule has 0 atom stereocenters. The molecule has 0 aliphatic carbocycles. The van der Waals surface area contributed by atoms with Crippen molar-refractivity contribution in [3.8, 4) is 23.0 Å². The fourth-order valence-electron chi connectivity index (χ4n) is 2.96. The lowest BCUT2D eigenvalue weighted by Crippen LogP contribution is -2.06. The molecule has 0 amide bonds. The predicted octanol–water partition coefficient (Wildman–Crippen LogP) is 5.70. The lowest BCUT2D eigenvalue weighted by molar-refractivity contribution is 0.299. The van der Waals surface area contributed by atoms with Crippen LogP contribution in [-0.2, 0) is 6.61 Å². The zero-order chi connectivity index (χ0) is 20.9. The minimum Gasteiger partial charge on any atom is -0.490 e. The number of halogens is 1. The Hall–Kier alpha value is -3.80. The molecule has 0 saturated carbocycles. The molecule has 5 nitrogen and oxygen atoms in total. The molecule has 0 unspecified atom stereocenters. The standard InChI is InChI=1S/C24H19FO5/c1-2-27-20-9-5-6-10-21(20)30-23-15-29-22-13-17(11-12-18(22)24(23)26)28-14-16-7-3-4-8-19(16)25/h3-13,15H,2,14H2,1H3. The van der Waals surface area contributed by atoms with Crippen molar-refractivity contribution >= 4 is 11.0 Å². The predicted molar refractivity (Wildman–Crippen MR) is 111 cm³/mol. The van der Waals surface area contributed by atoms with Gasteiger partial charge < -0.3 is 18.6 Å². The first-order valence-electron chi connectivity index (χ1n) is 9.47. The number of para-hydroxylation sites is 2. The Morgan fingerprint density at radius 2 is 1.67 bits per heavy atom. The van der Waals surface area contributed by atoms with Crippen molar-refractivity contribution in [2.75, 3.05) is 6.61 Å². The molecule has 30 heavy (non-hydrogen) atoms. The van der Waals surface area contributed by atoms with E-state index in [0.717, 1.165) is 0 Å². The van der Waals surface area contributed by atoms with Gasteiger partial charge in [0.15, 0.2) is 11.5 Å². The van der Waals surface area contributed by atoms with E-state index in [4.69, 9.17) is 18.6 Å². The molecule has 0 aliphatic rings. The van der Waals surface area contributed by atoms with Gasteiger partial charge in [-0.3, -0.25) is 4.79 Å². The monoisotopic (exact) mass is 406 g/mol. The van der Waals surface area contributed by atoms with E-state index in [9.17, 15) is 9.18 Å². The van der Waals surface area contributed by atoms with Crippen LogP contribution in [0.15, 0.2) is 82.2 Å². The number of ether oxygens (including phenoxy) is 3. The van der Waals surface area contributed by atoms with Gasteiger partial charge in [0.2, 0.25) is 11.2 Å². The van der Waals surface area contributed by atoms with Gasteiger partial charge in [-0.2, -0.15) is 0 Å². The van der Waals surface area contributed by atoms with E-state index in [1.165, 1.54) is 12.3 Å². The molecule has 0 aliphatic heterocycles. The van der Waals surface area contributed by atoms with Crippen LogP contribution in [0, 0.1) is 5.82 Å². The van der Waals surface area contributed by atoms with Crippen molar-refractivity contribution in [2.45, 2.75) is 13.5 Å². The van der Waals surface area contributed by atoms with E-state index < -0.39 is 0 Å². The maximum absolute atomic E-state index is 13.7. The third-order valence-electron chi connectivity index (χ3n) is 4.44. The average molecular weight is 406 g/mol. The fraction of sp³-hybridized carbons (Fsp3) is 0.125. The van der Waals surface area contributed by atoms with Gasteiger partial charge in [0, 0.05) is 11.6 Å². The molecule has 0 radical (unpaired) electrons. The Labute approximate surface area is 172 Å². The van der Waals surface area contributed by atoms with E-state index in [2.05, 4.69) is 0 Å². The summed E-state index contributed by atoms with van der Waals surface area (Å²) in [6.45, 7) is 2.41. The summed E-state index contributed by atoms with van der Waals surface area (Å²) in [6.07, 6.45) is 1.26. The number of hydrogen-bond acceptors (Lipinski definition) is 5. The summed E-state index contributed by atoms with van der Waals surface area (Å²) < 4.78 is 36.2. The van der Waals surface area contributed by atoms with Crippen molar-refractivity contribution in [3.63, 3.8) is 0 Å². The van der Waals surface area contributed by atoms with Gasteiger partial charge in [0.25, 0.3) is 0 Å². The molecule has 3 aromatic carbocycles. The van der Waals surface area contributed by atoms with Crippen molar-refractivity contribution in [3.05, 3.63) is 94.6 Å². The number of hydrogen-bond donors (Lipinski definition) is 0. The number of rotatable bonds is 7. The van der Waals surface area contributed by atoms with Crippen molar-refractivity contribution in [1.29, 1.82) is 0 Å². The summed E-state index contributed by atoms with van der Waals surface area (Å²) in [5.41, 5.74) is 0.468. The molecular weight excluding hydrogens is 387 g/mol. The third-order valence-corrected chi connectivity index (χ3v) is 4.44. The third kappa shape index (κ3) is 4.12. The molecule has 0 bridgehead atoms. The molecule has 0 N–H and O–H groups in total. The second-order valence-electron chi connectivity index (χ2n) is 6.45. The minimum absolute atomic E-state index is 0.0506. The van der Waals surface area contributed by atoms with Gasteiger partial charge in [-0.1, -0.05) is 30.3 Å². The molecule has 0 fully saturated rings. The second-order valence-corrected chi connectivity index (χ2v) is 6.45. The zero-order valence-electron chi connectivity index (χ0n) is 16.3. The first kappa shape index (κ1) is 19.5. The Bertz CT molecular complexity index is 1230. The quantitative estimate of drug-likeness (QED) is 0.394. The van der Waals surface area contributed by atoms with E-state index in [0.29, 0.717) is 40.4 Å². The summed E-state index contributed by atoms with van der Waals surface area (Å²) in [6, 6.07) is 18.3. The molecular formula is C24H19FO5. The maximum Gasteiger partial charge on any atom is 0.235 e. The molecule has 6 heteroatoms. The van der Waals surface area contributed by atoms with Gasteiger partial charge in [0.05, 0.1) is 12.0 Å². The van der Waals surface area contributed by atoms with Crippen LogP contribution in [-0.4, -0.2) is 6.61 Å². The summed E-state index contributed by atoms with van der Waals surface area (Å²) in [4.78, 5) is 12.8. The van der Waals surface area contributed by atoms with Gasteiger partial charge >= 0.3 is 0 Å². The van der Waals surface area contributed by atoms with Crippen LogP contribution in [0.1, 0.15) is 12.5 Å². The summed E-state index contributed by atoms with van der Waals surface area (Å²) in [5, 5.41) is 0.347. The zero-order valence-corrected chi connectivity index (χ0v) is 16.3. The molecule has 0 saturated heterocycles. The summed E-state index contributed by atoms with van der Waals surface area (Å²) in [5.74, 6) is 1.14. The number of fused-ring (bicyclic) bond motifs is 1. The molecule has 4 aromatic rings. The van der Waals surface area contributed by atoms with Gasteiger partial charge in [0.1, 0.15) is 30.0 Å². The van der Waals surface area contributed by atoms with Crippen molar-refractivity contribution in [1.82, 2.24) is 0 Å². The van der Waals surface area contributed by atoms with Gasteiger partial charge in [-0.15, -0.1) is 0 Å². The Morgan fingerprint density at radius 1 is 0.900 bits per heavy atom. The maximum atomic E-state index is 13.7. The highest BCUT2D eigenvalue weighted by molar-refractivity contribution is 5.79. The van der Waals surface area contributed by atoms with Crippen LogP contribution in [0.4, 0.5) is 4.39 Å². The normalized spacial score (nSPS) is 10.7. The average Bonchev–Trinajstić information content (AvgIpc) is 2.76. The fourth-order valence-corrected chi connectivity index (χ4v) is 2.96. The first-order valence-corrected chi connectivity index (χ1v) is 9.47. The van der Waals surface area contributed by atoms with Crippen molar-refractivity contribution < 1.29 is 23.0 Å². The highest BCUT2D eigenvalue weighted by Crippen LogP contribution is 2.31. The summed E-state index contributed by atoms with van der Waals surface area (Å²) in [7, 11) is 0. The van der Waals surface area contributed by atoms with E-state index in [1.54, 1.807) is 54.6 Å². The van der Waals surface area contributed by atoms with Gasteiger partial charge in [-0.25, -0.2) is 4.39 Å². The highest BCUT2D eigenvalue weighted by Gasteiger charge is 2.13. The topological polar surface area (TPSA) is 57.9 Å². The molecule has 0 spiro atoms. The van der Waals surface area contributed by atoms with Crippen molar-refractivity contribution in [2.24, 2.45) is 0 Å². The molecule has 1 aromatic heterocycles. The highest BCUT2D eigenvalue weighted by atomic mass is 19.1. The summed E-state index contributed by atoms with van der Waals surface area (Å²) >= 11 is 0. The largest absolute Gasteiger partial charge is 0.490 e. The Balaban J connectivity index is 1.57. The van der Waals surface area contributed by atoms with Crippen LogP contribution in [0.2, 0.25) is 0 Å². The first-order chi connectivity index (χ1) is 14.7. The molecule has 152 valence electrons. The van der Waals surface area contributed by atoms with Crippen LogP contribution in [0.3, 0.4) is 0 Å². The SMILES string of the molecule is CCOc1ccccc1Oc1coc2cc(OCc3ccccc3F)ccc2c1=O. The van der Waals surface area contributed by atoms with Gasteiger partial charge in [-0.05, 0) is 37.3 Å². The van der Waals surface area contributed by atoms with E-state index >= 15 is 0 Å². The van der Waals surface area contributed by atoms with E-state index in [1.807, 2.05) is 13.0 Å². The Kier molecular flexibility index (Phi) is 5.66. The van der Waals surface area contributed by atoms with Crippen LogP contribution in [0.25, 0.3) is 11.0 Å². The molecule has 4 rings (SSSR count). The lowest BCUT2D eigenvalue weighted by Gasteiger charge is -2.11. The van der Waals surface area contributed by atoms with Crippen LogP contribution in [0.5, 0.6) is 23.0 Å². The molecule has 1 heterocycles. The van der Waals surface area contributed by atoms with Crippen LogP contribution >= 0.6 is 0 Å². The minimum atomic E-state index is -0.334. The van der Waals surface area contributed by atoms with Crippen LogP contribution < -0.4 is 19.6 Å². The smallest absolute Gasteiger partial charge is 0.235 e. The lowest BCUT2D eigenvalue weighted by atomic mass is 10.2.